The molecule has 0 atom stereocenters. The van der Waals surface area contributed by atoms with E-state index in [1.165, 1.54) is 7.11 Å². The van der Waals surface area contributed by atoms with Crippen molar-refractivity contribution in [2.75, 3.05) is 33.3 Å². The average molecular weight is 277 g/mol. The van der Waals surface area contributed by atoms with Gasteiger partial charge in [0.25, 0.3) is 5.91 Å². The Morgan fingerprint density at radius 2 is 1.90 bits per heavy atom. The number of piperazine rings is 1. The fourth-order valence-corrected chi connectivity index (χ4v) is 2.06. The third-order valence-electron chi connectivity index (χ3n) is 3.23. The smallest absolute Gasteiger partial charge is 0.407 e. The summed E-state index contributed by atoms with van der Waals surface area (Å²) >= 11 is 0. The Hall–Kier alpha value is -2.08. The molecule has 0 unspecified atom stereocenters. The summed E-state index contributed by atoms with van der Waals surface area (Å²) in [6, 6.07) is 7.26. The standard InChI is InChI=1S/C14H19N3O3/c1-20-14(19)16-10-11-2-4-12(5-3-11)13(18)17-8-6-15-7-9-17/h2-5,15H,6-10H2,1H3,(H,16,19). The van der Waals surface area contributed by atoms with Crippen molar-refractivity contribution in [3.63, 3.8) is 0 Å². The zero-order valence-corrected chi connectivity index (χ0v) is 11.5. The molecular weight excluding hydrogens is 258 g/mol. The molecule has 2 amide bonds. The van der Waals surface area contributed by atoms with Crippen molar-refractivity contribution in [1.29, 1.82) is 0 Å². The Labute approximate surface area is 118 Å². The van der Waals surface area contributed by atoms with Gasteiger partial charge >= 0.3 is 6.09 Å². The highest BCUT2D eigenvalue weighted by Crippen LogP contribution is 2.08. The first-order valence-electron chi connectivity index (χ1n) is 6.61. The molecule has 1 aliphatic heterocycles. The molecule has 0 aromatic heterocycles. The summed E-state index contributed by atoms with van der Waals surface area (Å²) in [6.07, 6.45) is -0.467. The fourth-order valence-electron chi connectivity index (χ4n) is 2.06. The topological polar surface area (TPSA) is 70.7 Å². The quantitative estimate of drug-likeness (QED) is 0.848. The number of amides is 2. The Balaban J connectivity index is 1.93. The maximum Gasteiger partial charge on any atom is 0.407 e. The maximum absolute atomic E-state index is 12.2. The van der Waals surface area contributed by atoms with E-state index >= 15 is 0 Å². The molecule has 0 saturated carbocycles. The number of alkyl carbamates (subject to hydrolysis) is 1. The number of benzene rings is 1. The van der Waals surface area contributed by atoms with Crippen molar-refractivity contribution < 1.29 is 14.3 Å². The number of rotatable bonds is 3. The molecule has 2 N–H and O–H groups in total. The van der Waals surface area contributed by atoms with Gasteiger partial charge in [-0.3, -0.25) is 4.79 Å². The molecule has 6 nitrogen and oxygen atoms in total. The van der Waals surface area contributed by atoms with Crippen molar-refractivity contribution in [2.45, 2.75) is 6.54 Å². The van der Waals surface area contributed by atoms with Gasteiger partial charge in [-0.25, -0.2) is 4.79 Å². The van der Waals surface area contributed by atoms with Gasteiger partial charge < -0.3 is 20.3 Å². The lowest BCUT2D eigenvalue weighted by molar-refractivity contribution is 0.0735. The highest BCUT2D eigenvalue weighted by molar-refractivity contribution is 5.94. The van der Waals surface area contributed by atoms with E-state index in [2.05, 4.69) is 15.4 Å². The molecule has 0 bridgehead atoms. The van der Waals surface area contributed by atoms with Gasteiger partial charge in [-0.2, -0.15) is 0 Å². The highest BCUT2D eigenvalue weighted by Gasteiger charge is 2.17. The lowest BCUT2D eigenvalue weighted by Crippen LogP contribution is -2.46. The largest absolute Gasteiger partial charge is 0.453 e. The molecule has 1 aliphatic rings. The van der Waals surface area contributed by atoms with Gasteiger partial charge in [0.2, 0.25) is 0 Å². The first kappa shape index (κ1) is 14.3. The van der Waals surface area contributed by atoms with Crippen LogP contribution in [0.4, 0.5) is 4.79 Å². The second kappa shape index (κ2) is 6.91. The van der Waals surface area contributed by atoms with Gasteiger partial charge in [-0.1, -0.05) is 12.1 Å². The molecule has 2 rings (SSSR count). The molecule has 1 aromatic carbocycles. The van der Waals surface area contributed by atoms with E-state index in [0.717, 1.165) is 31.7 Å². The van der Waals surface area contributed by atoms with Crippen LogP contribution in [0.1, 0.15) is 15.9 Å². The van der Waals surface area contributed by atoms with E-state index in [1.54, 1.807) is 12.1 Å². The second-order valence-electron chi connectivity index (χ2n) is 4.58. The van der Waals surface area contributed by atoms with Crippen molar-refractivity contribution in [3.8, 4) is 0 Å². The van der Waals surface area contributed by atoms with Crippen LogP contribution in [0.25, 0.3) is 0 Å². The van der Waals surface area contributed by atoms with Crippen LogP contribution in [0.15, 0.2) is 24.3 Å². The molecule has 6 heteroatoms. The number of nitrogens with one attached hydrogen (secondary N) is 2. The Morgan fingerprint density at radius 1 is 1.25 bits per heavy atom. The molecule has 1 saturated heterocycles. The first-order chi connectivity index (χ1) is 9.70. The van der Waals surface area contributed by atoms with Crippen LogP contribution in [0, 0.1) is 0 Å². The van der Waals surface area contributed by atoms with Crippen molar-refractivity contribution in [3.05, 3.63) is 35.4 Å². The van der Waals surface area contributed by atoms with Gasteiger partial charge in [0, 0.05) is 38.3 Å². The lowest BCUT2D eigenvalue weighted by Gasteiger charge is -2.27. The zero-order valence-electron chi connectivity index (χ0n) is 11.5. The zero-order chi connectivity index (χ0) is 14.4. The van der Waals surface area contributed by atoms with Gasteiger partial charge in [0.05, 0.1) is 7.11 Å². The molecular formula is C14H19N3O3. The second-order valence-corrected chi connectivity index (χ2v) is 4.58. The minimum absolute atomic E-state index is 0.0546. The summed E-state index contributed by atoms with van der Waals surface area (Å²) in [5.41, 5.74) is 1.60. The van der Waals surface area contributed by atoms with E-state index in [1.807, 2.05) is 17.0 Å². The van der Waals surface area contributed by atoms with Crippen molar-refractivity contribution in [2.24, 2.45) is 0 Å². The molecule has 0 aliphatic carbocycles. The van der Waals surface area contributed by atoms with Gasteiger partial charge in [0.15, 0.2) is 0 Å². The Morgan fingerprint density at radius 3 is 2.50 bits per heavy atom. The third-order valence-corrected chi connectivity index (χ3v) is 3.23. The molecule has 1 heterocycles. The SMILES string of the molecule is COC(=O)NCc1ccc(C(=O)N2CCNCC2)cc1. The molecule has 108 valence electrons. The number of carbonyl (C=O) groups excluding carboxylic acids is 2. The summed E-state index contributed by atoms with van der Waals surface area (Å²) in [7, 11) is 1.32. The van der Waals surface area contributed by atoms with Crippen LogP contribution in [-0.4, -0.2) is 50.2 Å². The summed E-state index contributed by atoms with van der Waals surface area (Å²) in [5.74, 6) is 0.0546. The number of hydrogen-bond donors (Lipinski definition) is 2. The summed E-state index contributed by atoms with van der Waals surface area (Å²) in [4.78, 5) is 25.0. The highest BCUT2D eigenvalue weighted by atomic mass is 16.5. The maximum atomic E-state index is 12.2. The molecule has 0 radical (unpaired) electrons. The minimum atomic E-state index is -0.467. The number of carbonyl (C=O) groups is 2. The van der Waals surface area contributed by atoms with Crippen LogP contribution in [-0.2, 0) is 11.3 Å². The lowest BCUT2D eigenvalue weighted by atomic mass is 10.1. The van der Waals surface area contributed by atoms with Gasteiger partial charge in [-0.15, -0.1) is 0 Å². The normalized spacial score (nSPS) is 14.8. The van der Waals surface area contributed by atoms with Gasteiger partial charge in [0.1, 0.15) is 0 Å². The van der Waals surface area contributed by atoms with E-state index in [-0.39, 0.29) is 5.91 Å². The molecule has 0 spiro atoms. The van der Waals surface area contributed by atoms with E-state index < -0.39 is 6.09 Å². The Kier molecular flexibility index (Phi) is 4.95. The van der Waals surface area contributed by atoms with Crippen LogP contribution >= 0.6 is 0 Å². The predicted molar refractivity (Wildman–Crippen MR) is 74.5 cm³/mol. The summed E-state index contributed by atoms with van der Waals surface area (Å²) in [6.45, 7) is 3.55. The predicted octanol–water partition coefficient (Wildman–Crippen LogP) is 0.588. The summed E-state index contributed by atoms with van der Waals surface area (Å²) in [5, 5.41) is 5.81. The van der Waals surface area contributed by atoms with Crippen molar-refractivity contribution in [1.82, 2.24) is 15.5 Å². The van der Waals surface area contributed by atoms with E-state index in [9.17, 15) is 9.59 Å². The van der Waals surface area contributed by atoms with Crippen LogP contribution in [0.3, 0.4) is 0 Å². The number of ether oxygens (including phenoxy) is 1. The van der Waals surface area contributed by atoms with Gasteiger partial charge in [-0.05, 0) is 17.7 Å². The number of hydrogen-bond acceptors (Lipinski definition) is 4. The van der Waals surface area contributed by atoms with Crippen LogP contribution in [0.2, 0.25) is 0 Å². The summed E-state index contributed by atoms with van der Waals surface area (Å²) < 4.78 is 4.50. The monoisotopic (exact) mass is 277 g/mol. The van der Waals surface area contributed by atoms with E-state index in [0.29, 0.717) is 12.1 Å². The van der Waals surface area contributed by atoms with Crippen LogP contribution in [0.5, 0.6) is 0 Å². The minimum Gasteiger partial charge on any atom is -0.453 e. The van der Waals surface area contributed by atoms with Crippen molar-refractivity contribution >= 4 is 12.0 Å². The van der Waals surface area contributed by atoms with Crippen LogP contribution < -0.4 is 10.6 Å². The molecule has 1 fully saturated rings. The van der Waals surface area contributed by atoms with E-state index in [4.69, 9.17) is 0 Å². The molecule has 1 aromatic rings. The average Bonchev–Trinajstić information content (AvgIpc) is 2.53. The first-order valence-corrected chi connectivity index (χ1v) is 6.61. The number of methoxy groups -OCH3 is 1. The molecule has 20 heavy (non-hydrogen) atoms. The third kappa shape index (κ3) is 3.71. The fraction of sp³-hybridized carbons (Fsp3) is 0.429. The number of nitrogens with zero attached hydrogens (tertiary/aromatic N) is 1. The Bertz CT molecular complexity index is 467.